The van der Waals surface area contributed by atoms with Gasteiger partial charge in [0.15, 0.2) is 9.84 Å². The van der Waals surface area contributed by atoms with E-state index in [2.05, 4.69) is 0 Å². The van der Waals surface area contributed by atoms with E-state index in [1.807, 2.05) is 20.8 Å². The van der Waals surface area contributed by atoms with Crippen LogP contribution in [0.15, 0.2) is 0 Å². The minimum Gasteiger partial charge on any atom is -0.323 e. The molecule has 1 heterocycles. The Hall–Kier alpha value is 0.180. The van der Waals surface area contributed by atoms with Crippen LogP contribution in [0.4, 0.5) is 0 Å². The number of hydrogen-bond acceptors (Lipinski definition) is 3. The van der Waals surface area contributed by atoms with Gasteiger partial charge in [0.2, 0.25) is 0 Å². The Kier molecular flexibility index (Phi) is 2.68. The fourth-order valence-electron chi connectivity index (χ4n) is 1.46. The van der Waals surface area contributed by atoms with Gasteiger partial charge in [-0.15, -0.1) is 0 Å². The van der Waals surface area contributed by atoms with E-state index < -0.39 is 17.0 Å². The third kappa shape index (κ3) is 2.35. The Morgan fingerprint density at radius 3 is 1.77 bits per heavy atom. The van der Waals surface area contributed by atoms with Crippen LogP contribution >= 0.6 is 7.14 Å². The summed E-state index contributed by atoms with van der Waals surface area (Å²) in [6.07, 6.45) is 0.748. The van der Waals surface area contributed by atoms with Crippen molar-refractivity contribution in [2.45, 2.75) is 25.9 Å². The zero-order valence-electron chi connectivity index (χ0n) is 8.41. The molecule has 0 aliphatic carbocycles. The van der Waals surface area contributed by atoms with E-state index in [1.54, 1.807) is 0 Å². The monoisotopic (exact) mass is 224 g/mol. The molecule has 1 saturated heterocycles. The lowest BCUT2D eigenvalue weighted by Crippen LogP contribution is -2.31. The second kappa shape index (κ2) is 3.09. The van der Waals surface area contributed by atoms with Gasteiger partial charge in [0, 0.05) is 17.5 Å². The normalized spacial score (nSPS) is 27.0. The minimum atomic E-state index is -2.89. The van der Waals surface area contributed by atoms with Crippen LogP contribution in [-0.2, 0) is 14.4 Å². The van der Waals surface area contributed by atoms with Crippen LogP contribution in [-0.4, -0.2) is 37.4 Å². The molecule has 78 valence electrons. The van der Waals surface area contributed by atoms with Crippen LogP contribution in [0, 0.1) is 0 Å². The molecule has 0 saturated carbocycles. The fraction of sp³-hybridized carbons (Fsp3) is 1.00. The van der Waals surface area contributed by atoms with Gasteiger partial charge in [-0.1, -0.05) is 20.8 Å². The minimum absolute atomic E-state index is 0.113. The van der Waals surface area contributed by atoms with Crippen LogP contribution in [0.25, 0.3) is 0 Å². The van der Waals surface area contributed by atoms with E-state index in [4.69, 9.17) is 0 Å². The molecule has 0 amide bonds. The van der Waals surface area contributed by atoms with Crippen molar-refractivity contribution in [3.8, 4) is 0 Å². The summed E-state index contributed by atoms with van der Waals surface area (Å²) in [6.45, 7) is 5.81. The molecule has 0 unspecified atom stereocenters. The van der Waals surface area contributed by atoms with Gasteiger partial charge in [-0.3, -0.25) is 0 Å². The first-order valence-electron chi connectivity index (χ1n) is 4.45. The molecule has 1 rings (SSSR count). The summed E-state index contributed by atoms with van der Waals surface area (Å²) in [6, 6.07) is 0. The number of hydrogen-bond donors (Lipinski definition) is 0. The molecule has 13 heavy (non-hydrogen) atoms. The first-order chi connectivity index (χ1) is 5.66. The van der Waals surface area contributed by atoms with Crippen molar-refractivity contribution in [1.82, 2.24) is 0 Å². The van der Waals surface area contributed by atoms with Crippen molar-refractivity contribution in [3.63, 3.8) is 0 Å². The van der Waals surface area contributed by atoms with Gasteiger partial charge in [0.05, 0.1) is 18.6 Å². The maximum Gasteiger partial charge on any atom is 0.151 e. The average molecular weight is 224 g/mol. The molecule has 0 aromatic rings. The summed E-state index contributed by atoms with van der Waals surface area (Å²) in [5, 5.41) is -0.233. The quantitative estimate of drug-likeness (QED) is 0.587. The highest BCUT2D eigenvalue weighted by atomic mass is 32.2. The Morgan fingerprint density at radius 2 is 1.46 bits per heavy atom. The lowest BCUT2D eigenvalue weighted by atomic mass is 10.3. The molecule has 0 radical (unpaired) electrons. The Morgan fingerprint density at radius 1 is 1.08 bits per heavy atom. The van der Waals surface area contributed by atoms with Crippen molar-refractivity contribution in [1.29, 1.82) is 0 Å². The van der Waals surface area contributed by atoms with Crippen LogP contribution in [0.5, 0.6) is 0 Å². The maximum absolute atomic E-state index is 12.3. The summed E-state index contributed by atoms with van der Waals surface area (Å²) in [7, 11) is -5.14. The smallest absolute Gasteiger partial charge is 0.151 e. The second-order valence-electron chi connectivity index (χ2n) is 4.66. The predicted molar refractivity (Wildman–Crippen MR) is 55.7 cm³/mol. The molecule has 0 bridgehead atoms. The van der Waals surface area contributed by atoms with E-state index in [9.17, 15) is 13.0 Å². The highest BCUT2D eigenvalue weighted by molar-refractivity contribution is 7.93. The first kappa shape index (κ1) is 11.3. The molecule has 1 aliphatic rings. The maximum atomic E-state index is 12.3. The topological polar surface area (TPSA) is 51.2 Å². The van der Waals surface area contributed by atoms with E-state index >= 15 is 0 Å². The van der Waals surface area contributed by atoms with Crippen LogP contribution in [0.3, 0.4) is 0 Å². The van der Waals surface area contributed by atoms with Gasteiger partial charge >= 0.3 is 0 Å². The van der Waals surface area contributed by atoms with Crippen LogP contribution < -0.4 is 0 Å². The third-order valence-electron chi connectivity index (χ3n) is 2.75. The number of rotatable bonds is 0. The second-order valence-corrected chi connectivity index (χ2v) is 11.0. The molecule has 1 aliphatic heterocycles. The molecule has 0 N–H and O–H groups in total. The number of sulfone groups is 1. The van der Waals surface area contributed by atoms with Crippen molar-refractivity contribution in [2.24, 2.45) is 0 Å². The van der Waals surface area contributed by atoms with E-state index in [1.165, 1.54) is 0 Å². The van der Waals surface area contributed by atoms with Crippen molar-refractivity contribution >= 4 is 17.0 Å². The summed E-state index contributed by atoms with van der Waals surface area (Å²) >= 11 is 0. The SMILES string of the molecule is CC(C)(C)P1(=O)CCS(=O)(=O)CC1. The van der Waals surface area contributed by atoms with E-state index in [-0.39, 0.29) is 16.7 Å². The molecular weight excluding hydrogens is 207 g/mol. The standard InChI is InChI=1S/C8H17O3PS/c1-8(2,3)12(9)4-6-13(10,11)7-5-12/h4-7H2,1-3H3. The zero-order chi connectivity index (χ0) is 10.3. The molecule has 0 spiro atoms. The first-order valence-corrected chi connectivity index (χ1v) is 8.35. The van der Waals surface area contributed by atoms with Crippen LogP contribution in [0.2, 0.25) is 0 Å². The highest BCUT2D eigenvalue weighted by Crippen LogP contribution is 2.58. The Bertz CT molecular complexity index is 319. The third-order valence-corrected chi connectivity index (χ3v) is 9.34. The molecule has 0 aromatic heterocycles. The molecule has 0 aromatic carbocycles. The zero-order valence-corrected chi connectivity index (χ0v) is 10.1. The highest BCUT2D eigenvalue weighted by Gasteiger charge is 2.40. The average Bonchev–Trinajstić information content (AvgIpc) is 1.94. The lowest BCUT2D eigenvalue weighted by Gasteiger charge is -2.34. The summed E-state index contributed by atoms with van der Waals surface area (Å²) in [4.78, 5) is 0. The van der Waals surface area contributed by atoms with Gasteiger partial charge in [-0.2, -0.15) is 0 Å². The van der Waals surface area contributed by atoms with Gasteiger partial charge < -0.3 is 4.57 Å². The fourth-order valence-corrected chi connectivity index (χ4v) is 7.81. The molecule has 3 nitrogen and oxygen atoms in total. The Balaban J connectivity index is 2.86. The molecule has 0 atom stereocenters. The van der Waals surface area contributed by atoms with Gasteiger partial charge in [0.25, 0.3) is 0 Å². The van der Waals surface area contributed by atoms with Gasteiger partial charge in [0.1, 0.15) is 0 Å². The van der Waals surface area contributed by atoms with E-state index in [0.29, 0.717) is 12.3 Å². The molecule has 5 heteroatoms. The summed E-state index contributed by atoms with van der Waals surface area (Å²) < 4.78 is 34.6. The lowest BCUT2D eigenvalue weighted by molar-refractivity contribution is 0.544. The van der Waals surface area contributed by atoms with Gasteiger partial charge in [-0.25, -0.2) is 8.42 Å². The van der Waals surface area contributed by atoms with E-state index in [0.717, 1.165) is 0 Å². The molecule has 1 fully saturated rings. The van der Waals surface area contributed by atoms with Crippen molar-refractivity contribution in [2.75, 3.05) is 23.8 Å². The predicted octanol–water partition coefficient (Wildman–Crippen LogP) is 1.58. The van der Waals surface area contributed by atoms with Crippen molar-refractivity contribution < 1.29 is 13.0 Å². The summed E-state index contributed by atoms with van der Waals surface area (Å²) in [5.41, 5.74) is 0. The van der Waals surface area contributed by atoms with Crippen molar-refractivity contribution in [3.05, 3.63) is 0 Å². The van der Waals surface area contributed by atoms with Gasteiger partial charge in [-0.05, 0) is 0 Å². The Labute approximate surface area is 80.2 Å². The largest absolute Gasteiger partial charge is 0.323 e. The molecular formula is C8H17O3PS. The van der Waals surface area contributed by atoms with Crippen LogP contribution in [0.1, 0.15) is 20.8 Å². The summed E-state index contributed by atoms with van der Waals surface area (Å²) in [5.74, 6) is 0.225.